The number of methoxy groups -OCH3 is 1. The Morgan fingerprint density at radius 2 is 2.22 bits per heavy atom. The molecule has 6 nitrogen and oxygen atoms in total. The molecule has 1 aliphatic heterocycles. The molecule has 0 spiro atoms. The number of imidazole rings is 1. The summed E-state index contributed by atoms with van der Waals surface area (Å²) >= 11 is 0. The summed E-state index contributed by atoms with van der Waals surface area (Å²) < 4.78 is 12.4. The molecule has 1 aliphatic rings. The van der Waals surface area contributed by atoms with Gasteiger partial charge in [-0.3, -0.25) is 4.79 Å². The summed E-state index contributed by atoms with van der Waals surface area (Å²) in [5.74, 6) is 0.991. The zero-order chi connectivity index (χ0) is 16.1. The molecular weight excluding hydrogens is 294 g/mol. The molecule has 2 aromatic rings. The van der Waals surface area contributed by atoms with Crippen molar-refractivity contribution in [3.05, 3.63) is 24.0 Å². The van der Waals surface area contributed by atoms with Gasteiger partial charge in [0.2, 0.25) is 5.91 Å². The lowest BCUT2D eigenvalue weighted by Gasteiger charge is -2.07. The van der Waals surface area contributed by atoms with Gasteiger partial charge in [-0.2, -0.15) is 0 Å². The lowest BCUT2D eigenvalue weighted by atomic mass is 10.2. The molecule has 2 heterocycles. The molecule has 23 heavy (non-hydrogen) atoms. The van der Waals surface area contributed by atoms with Gasteiger partial charge >= 0.3 is 0 Å². The van der Waals surface area contributed by atoms with Crippen molar-refractivity contribution in [3.63, 3.8) is 0 Å². The highest BCUT2D eigenvalue weighted by Crippen LogP contribution is 2.24. The fraction of sp³-hybridized carbons (Fsp3) is 0.529. The monoisotopic (exact) mass is 317 g/mol. The zero-order valence-corrected chi connectivity index (χ0v) is 13.5. The molecule has 1 N–H and O–H groups in total. The van der Waals surface area contributed by atoms with E-state index in [-0.39, 0.29) is 12.5 Å². The summed E-state index contributed by atoms with van der Waals surface area (Å²) in [4.78, 5) is 16.6. The Bertz CT molecular complexity index is 681. The molecule has 0 saturated heterocycles. The molecule has 0 saturated carbocycles. The van der Waals surface area contributed by atoms with Crippen LogP contribution in [-0.4, -0.2) is 42.4 Å². The van der Waals surface area contributed by atoms with Gasteiger partial charge in [-0.05, 0) is 31.0 Å². The molecule has 1 amide bonds. The Kier molecular flexibility index (Phi) is 5.25. The predicted molar refractivity (Wildman–Crippen MR) is 88.6 cm³/mol. The van der Waals surface area contributed by atoms with Crippen molar-refractivity contribution in [1.29, 1.82) is 0 Å². The molecule has 124 valence electrons. The number of rotatable bonds is 6. The maximum atomic E-state index is 11.8. The van der Waals surface area contributed by atoms with E-state index in [1.165, 1.54) is 19.3 Å². The van der Waals surface area contributed by atoms with E-state index in [2.05, 4.69) is 9.88 Å². The normalized spacial score (nSPS) is 14.5. The largest absolute Gasteiger partial charge is 0.382 e. The second-order valence-electron chi connectivity index (χ2n) is 5.79. The summed E-state index contributed by atoms with van der Waals surface area (Å²) in [6.07, 6.45) is 4.70. The number of ether oxygens (including phenoxy) is 2. The van der Waals surface area contributed by atoms with Crippen LogP contribution in [0.25, 0.3) is 11.0 Å². The van der Waals surface area contributed by atoms with E-state index in [0.29, 0.717) is 13.2 Å². The third kappa shape index (κ3) is 3.89. The first-order chi connectivity index (χ1) is 11.3. The number of hydrogen-bond acceptors (Lipinski definition) is 4. The minimum absolute atomic E-state index is 0.0289. The first-order valence-electron chi connectivity index (χ1n) is 8.13. The number of aromatic nitrogens is 2. The number of carbonyl (C=O) groups excluding carboxylic acids is 1. The fourth-order valence-corrected chi connectivity index (χ4v) is 2.93. The van der Waals surface area contributed by atoms with Crippen LogP contribution in [0.2, 0.25) is 0 Å². The van der Waals surface area contributed by atoms with Crippen LogP contribution in [0, 0.1) is 0 Å². The van der Waals surface area contributed by atoms with Crippen molar-refractivity contribution in [2.45, 2.75) is 32.2 Å². The third-order valence-corrected chi connectivity index (χ3v) is 4.06. The second kappa shape index (κ2) is 7.57. The summed E-state index contributed by atoms with van der Waals surface area (Å²) in [5.41, 5.74) is 2.85. The Morgan fingerprint density at radius 1 is 1.30 bits per heavy atom. The molecular formula is C17H23N3O3. The number of nitrogens with zero attached hydrogens (tertiary/aromatic N) is 2. The average molecular weight is 317 g/mol. The standard InChI is InChI=1S/C17H23N3O3/c1-22-9-10-23-12-17(21)18-13-6-7-15-14(11-13)19-16-5-3-2-4-8-20(15)16/h6-7,11H,2-5,8-10,12H2,1H3,(H,18,21). The lowest BCUT2D eigenvalue weighted by Crippen LogP contribution is -2.19. The van der Waals surface area contributed by atoms with Gasteiger partial charge in [0.1, 0.15) is 12.4 Å². The fourth-order valence-electron chi connectivity index (χ4n) is 2.93. The Hall–Kier alpha value is -1.92. The zero-order valence-electron chi connectivity index (χ0n) is 13.5. The number of anilines is 1. The first-order valence-corrected chi connectivity index (χ1v) is 8.13. The van der Waals surface area contributed by atoms with Gasteiger partial charge in [0.25, 0.3) is 0 Å². The number of hydrogen-bond donors (Lipinski definition) is 1. The van der Waals surface area contributed by atoms with Crippen LogP contribution in [0.1, 0.15) is 25.1 Å². The van der Waals surface area contributed by atoms with E-state index < -0.39 is 0 Å². The molecule has 0 aliphatic carbocycles. The number of benzene rings is 1. The second-order valence-corrected chi connectivity index (χ2v) is 5.79. The summed E-state index contributed by atoms with van der Waals surface area (Å²) in [7, 11) is 1.60. The minimum Gasteiger partial charge on any atom is -0.382 e. The molecule has 0 bridgehead atoms. The van der Waals surface area contributed by atoms with Crippen molar-refractivity contribution in [1.82, 2.24) is 9.55 Å². The van der Waals surface area contributed by atoms with Gasteiger partial charge < -0.3 is 19.4 Å². The van der Waals surface area contributed by atoms with Crippen LogP contribution in [0.3, 0.4) is 0 Å². The van der Waals surface area contributed by atoms with Gasteiger partial charge in [0.15, 0.2) is 0 Å². The van der Waals surface area contributed by atoms with Gasteiger partial charge in [0.05, 0.1) is 24.2 Å². The lowest BCUT2D eigenvalue weighted by molar-refractivity contribution is -0.121. The van der Waals surface area contributed by atoms with E-state index in [0.717, 1.165) is 35.5 Å². The van der Waals surface area contributed by atoms with E-state index in [9.17, 15) is 4.79 Å². The van der Waals surface area contributed by atoms with Crippen LogP contribution in [0.4, 0.5) is 5.69 Å². The summed E-state index contributed by atoms with van der Waals surface area (Å²) in [5, 5.41) is 2.85. The molecule has 6 heteroatoms. The predicted octanol–water partition coefficient (Wildman–Crippen LogP) is 2.36. The van der Waals surface area contributed by atoms with Crippen molar-refractivity contribution in [2.24, 2.45) is 0 Å². The summed E-state index contributed by atoms with van der Waals surface area (Å²) in [6, 6.07) is 5.90. The van der Waals surface area contributed by atoms with Gasteiger partial charge in [-0.15, -0.1) is 0 Å². The van der Waals surface area contributed by atoms with Crippen LogP contribution in [-0.2, 0) is 27.2 Å². The maximum absolute atomic E-state index is 11.8. The number of amides is 1. The van der Waals surface area contributed by atoms with E-state index in [1.807, 2.05) is 18.2 Å². The molecule has 0 fully saturated rings. The van der Waals surface area contributed by atoms with Crippen molar-refractivity contribution < 1.29 is 14.3 Å². The van der Waals surface area contributed by atoms with E-state index in [4.69, 9.17) is 14.5 Å². The van der Waals surface area contributed by atoms with E-state index in [1.54, 1.807) is 7.11 Å². The molecule has 0 atom stereocenters. The highest BCUT2D eigenvalue weighted by atomic mass is 16.5. The number of carbonyl (C=O) groups is 1. The number of aryl methyl sites for hydroxylation is 2. The van der Waals surface area contributed by atoms with Crippen molar-refractivity contribution in [2.75, 3.05) is 32.2 Å². The Labute approximate surface area is 135 Å². The van der Waals surface area contributed by atoms with Gasteiger partial charge in [0, 0.05) is 25.8 Å². The summed E-state index contributed by atoms with van der Waals surface area (Å²) in [6.45, 7) is 1.96. The molecule has 0 unspecified atom stereocenters. The SMILES string of the molecule is COCCOCC(=O)Nc1ccc2c(c1)nc1n2CCCCC1. The van der Waals surface area contributed by atoms with Crippen molar-refractivity contribution >= 4 is 22.6 Å². The Morgan fingerprint density at radius 3 is 3.09 bits per heavy atom. The van der Waals surface area contributed by atoms with Crippen LogP contribution in [0.5, 0.6) is 0 Å². The molecule has 3 rings (SSSR count). The highest BCUT2D eigenvalue weighted by Gasteiger charge is 2.14. The van der Waals surface area contributed by atoms with E-state index >= 15 is 0 Å². The smallest absolute Gasteiger partial charge is 0.250 e. The van der Waals surface area contributed by atoms with Crippen LogP contribution >= 0.6 is 0 Å². The molecule has 1 aromatic carbocycles. The first kappa shape index (κ1) is 16.0. The van der Waals surface area contributed by atoms with Crippen molar-refractivity contribution in [3.8, 4) is 0 Å². The average Bonchev–Trinajstić information content (AvgIpc) is 2.72. The number of nitrogens with one attached hydrogen (secondary N) is 1. The van der Waals surface area contributed by atoms with Gasteiger partial charge in [-0.1, -0.05) is 6.42 Å². The number of fused-ring (bicyclic) bond motifs is 3. The molecule has 1 aromatic heterocycles. The Balaban J connectivity index is 1.67. The van der Waals surface area contributed by atoms with Crippen LogP contribution < -0.4 is 5.32 Å². The third-order valence-electron chi connectivity index (χ3n) is 4.06. The minimum atomic E-state index is -0.166. The maximum Gasteiger partial charge on any atom is 0.250 e. The topological polar surface area (TPSA) is 65.4 Å². The molecule has 0 radical (unpaired) electrons. The van der Waals surface area contributed by atoms with Gasteiger partial charge in [-0.25, -0.2) is 4.98 Å². The quantitative estimate of drug-likeness (QED) is 0.831. The highest BCUT2D eigenvalue weighted by molar-refractivity contribution is 5.93. The van der Waals surface area contributed by atoms with Crippen LogP contribution in [0.15, 0.2) is 18.2 Å².